The average Bonchev–Trinajstić information content (AvgIpc) is 3.16. The van der Waals surface area contributed by atoms with Crippen molar-refractivity contribution in [1.29, 1.82) is 0 Å². The highest BCUT2D eigenvalue weighted by Gasteiger charge is 2.19. The van der Waals surface area contributed by atoms with Gasteiger partial charge >= 0.3 is 0 Å². The number of nitrogens with zero attached hydrogens (tertiary/aromatic N) is 2. The Morgan fingerprint density at radius 1 is 1.00 bits per heavy atom. The van der Waals surface area contributed by atoms with Gasteiger partial charge in [-0.1, -0.05) is 42.0 Å². The molecular weight excluding hydrogens is 350 g/mol. The zero-order chi connectivity index (χ0) is 19.3. The van der Waals surface area contributed by atoms with Crippen molar-refractivity contribution < 1.29 is 9.47 Å². The molecule has 0 spiro atoms. The van der Waals surface area contributed by atoms with Gasteiger partial charge in [-0.2, -0.15) is 0 Å². The number of nitrogens with one attached hydrogen (secondary N) is 1. The van der Waals surface area contributed by atoms with Crippen molar-refractivity contribution >= 4 is 11.2 Å². The predicted molar refractivity (Wildman–Crippen MR) is 109 cm³/mol. The molecule has 0 aliphatic heterocycles. The molecule has 4 aromatic rings. The van der Waals surface area contributed by atoms with Crippen molar-refractivity contribution in [2.75, 3.05) is 6.61 Å². The van der Waals surface area contributed by atoms with Crippen LogP contribution in [-0.4, -0.2) is 21.6 Å². The van der Waals surface area contributed by atoms with E-state index in [9.17, 15) is 0 Å². The number of hydrogen-bond acceptors (Lipinski definition) is 4. The lowest BCUT2D eigenvalue weighted by Gasteiger charge is -2.16. The van der Waals surface area contributed by atoms with Crippen LogP contribution < -0.4 is 4.74 Å². The normalized spacial score (nSPS) is 12.2. The predicted octanol–water partition coefficient (Wildman–Crippen LogP) is 4.97. The average molecular weight is 373 g/mol. The lowest BCUT2D eigenvalue weighted by Crippen LogP contribution is -2.08. The van der Waals surface area contributed by atoms with E-state index in [4.69, 9.17) is 9.47 Å². The molecule has 5 heteroatoms. The van der Waals surface area contributed by atoms with Crippen LogP contribution in [0.5, 0.6) is 5.75 Å². The van der Waals surface area contributed by atoms with Gasteiger partial charge in [0.05, 0.1) is 0 Å². The number of aromatic nitrogens is 3. The van der Waals surface area contributed by atoms with Gasteiger partial charge < -0.3 is 14.5 Å². The van der Waals surface area contributed by atoms with Gasteiger partial charge in [-0.25, -0.2) is 9.97 Å². The van der Waals surface area contributed by atoms with Crippen molar-refractivity contribution in [3.8, 4) is 5.75 Å². The molecule has 4 rings (SSSR count). The minimum atomic E-state index is -0.273. The number of H-pyrrole nitrogens is 1. The molecule has 0 saturated heterocycles. The Labute approximate surface area is 164 Å². The van der Waals surface area contributed by atoms with Crippen molar-refractivity contribution in [3.05, 3.63) is 89.4 Å². The van der Waals surface area contributed by atoms with Crippen LogP contribution in [0.1, 0.15) is 35.5 Å². The Morgan fingerprint density at radius 3 is 2.50 bits per heavy atom. The molecule has 2 heterocycles. The smallest absolute Gasteiger partial charge is 0.157 e. The molecule has 1 N–H and O–H groups in total. The van der Waals surface area contributed by atoms with E-state index in [1.807, 2.05) is 43.3 Å². The summed E-state index contributed by atoms with van der Waals surface area (Å²) in [5.74, 6) is 1.58. The van der Waals surface area contributed by atoms with Gasteiger partial charge in [0.2, 0.25) is 0 Å². The van der Waals surface area contributed by atoms with Gasteiger partial charge in [0, 0.05) is 12.8 Å². The van der Waals surface area contributed by atoms with Crippen LogP contribution in [-0.2, 0) is 11.3 Å². The van der Waals surface area contributed by atoms with Crippen LogP contribution in [0.4, 0.5) is 0 Å². The molecule has 0 amide bonds. The van der Waals surface area contributed by atoms with E-state index in [-0.39, 0.29) is 6.10 Å². The van der Waals surface area contributed by atoms with Crippen LogP contribution in [0.15, 0.2) is 66.9 Å². The quantitative estimate of drug-likeness (QED) is 0.497. The summed E-state index contributed by atoms with van der Waals surface area (Å²) in [5, 5.41) is 0. The Hall–Kier alpha value is -3.18. The highest BCUT2D eigenvalue weighted by molar-refractivity contribution is 5.70. The van der Waals surface area contributed by atoms with E-state index < -0.39 is 0 Å². The lowest BCUT2D eigenvalue weighted by atomic mass is 10.1. The summed E-state index contributed by atoms with van der Waals surface area (Å²) in [7, 11) is 0. The van der Waals surface area contributed by atoms with Gasteiger partial charge in [-0.05, 0) is 49.2 Å². The first-order valence-corrected chi connectivity index (χ1v) is 9.43. The van der Waals surface area contributed by atoms with Crippen LogP contribution in [0.25, 0.3) is 11.2 Å². The van der Waals surface area contributed by atoms with Gasteiger partial charge in [0.25, 0.3) is 0 Å². The minimum absolute atomic E-state index is 0.273. The molecular formula is C23H23N3O2. The Balaban J connectivity index is 1.50. The Bertz CT molecular complexity index is 1010. The fourth-order valence-corrected chi connectivity index (χ4v) is 3.08. The zero-order valence-electron chi connectivity index (χ0n) is 16.1. The number of imidazole rings is 1. The molecule has 0 saturated carbocycles. The van der Waals surface area contributed by atoms with Crippen LogP contribution in [0.3, 0.4) is 0 Å². The first-order chi connectivity index (χ1) is 13.7. The van der Waals surface area contributed by atoms with Gasteiger partial charge in [0.1, 0.15) is 29.8 Å². The van der Waals surface area contributed by atoms with Crippen molar-refractivity contribution in [2.45, 2.75) is 26.6 Å². The monoisotopic (exact) mass is 373 g/mol. The minimum Gasteiger partial charge on any atom is -0.489 e. The maximum atomic E-state index is 5.96. The summed E-state index contributed by atoms with van der Waals surface area (Å²) >= 11 is 0. The molecule has 2 aromatic carbocycles. The third kappa shape index (κ3) is 4.05. The molecule has 0 fully saturated rings. The maximum Gasteiger partial charge on any atom is 0.157 e. The second kappa shape index (κ2) is 8.23. The zero-order valence-corrected chi connectivity index (χ0v) is 16.1. The number of fused-ring (bicyclic) bond motifs is 1. The van der Waals surface area contributed by atoms with Gasteiger partial charge in [-0.15, -0.1) is 0 Å². The number of hydrogen-bond donors (Lipinski definition) is 1. The number of pyridine rings is 1. The largest absolute Gasteiger partial charge is 0.489 e. The lowest BCUT2D eigenvalue weighted by molar-refractivity contribution is 0.0859. The van der Waals surface area contributed by atoms with Crippen LogP contribution in [0, 0.1) is 6.92 Å². The van der Waals surface area contributed by atoms with Crippen molar-refractivity contribution in [1.82, 2.24) is 15.0 Å². The maximum absolute atomic E-state index is 5.96. The summed E-state index contributed by atoms with van der Waals surface area (Å²) < 4.78 is 11.9. The molecule has 28 heavy (non-hydrogen) atoms. The second-order valence-electron chi connectivity index (χ2n) is 6.67. The van der Waals surface area contributed by atoms with E-state index in [2.05, 4.69) is 46.1 Å². The summed E-state index contributed by atoms with van der Waals surface area (Å²) in [5.41, 5.74) is 5.01. The third-order valence-corrected chi connectivity index (χ3v) is 4.56. The van der Waals surface area contributed by atoms with E-state index in [0.717, 1.165) is 33.9 Å². The van der Waals surface area contributed by atoms with Crippen LogP contribution >= 0.6 is 0 Å². The molecule has 142 valence electrons. The first-order valence-electron chi connectivity index (χ1n) is 9.43. The number of aryl methyl sites for hydroxylation is 1. The van der Waals surface area contributed by atoms with Crippen molar-refractivity contribution in [2.24, 2.45) is 0 Å². The Morgan fingerprint density at radius 2 is 1.79 bits per heavy atom. The number of ether oxygens (including phenoxy) is 2. The molecule has 5 nitrogen and oxygen atoms in total. The number of rotatable bonds is 7. The van der Waals surface area contributed by atoms with Gasteiger partial charge in [0.15, 0.2) is 5.65 Å². The second-order valence-corrected chi connectivity index (χ2v) is 6.67. The first kappa shape index (κ1) is 18.2. The molecule has 0 aliphatic carbocycles. The Kier molecular flexibility index (Phi) is 5.35. The molecule has 0 aliphatic rings. The highest BCUT2D eigenvalue weighted by Crippen LogP contribution is 2.27. The fourth-order valence-electron chi connectivity index (χ4n) is 3.08. The highest BCUT2D eigenvalue weighted by atomic mass is 16.5. The van der Waals surface area contributed by atoms with E-state index in [1.54, 1.807) is 6.20 Å². The summed E-state index contributed by atoms with van der Waals surface area (Å²) in [4.78, 5) is 12.2. The number of benzene rings is 2. The topological polar surface area (TPSA) is 60.0 Å². The van der Waals surface area contributed by atoms with E-state index in [0.29, 0.717) is 13.2 Å². The summed E-state index contributed by atoms with van der Waals surface area (Å²) in [6.07, 6.45) is 1.48. The molecule has 0 bridgehead atoms. The third-order valence-electron chi connectivity index (χ3n) is 4.56. The summed E-state index contributed by atoms with van der Waals surface area (Å²) in [6.45, 7) is 5.19. The molecule has 1 unspecified atom stereocenters. The van der Waals surface area contributed by atoms with E-state index >= 15 is 0 Å². The summed E-state index contributed by atoms with van der Waals surface area (Å²) in [6, 6.07) is 20.2. The SMILES string of the molecule is CCOC(c1ccc(OCc2ccc(C)cc2)cc1)c1nc2cccnc2[nH]1. The molecule has 1 atom stereocenters. The number of aromatic amines is 1. The fraction of sp³-hybridized carbons (Fsp3) is 0.217. The standard InChI is InChI=1S/C23H23N3O2/c1-3-27-21(23-25-20-5-4-14-24-22(20)26-23)18-10-12-19(13-11-18)28-15-17-8-6-16(2)7-9-17/h4-14,21H,3,15H2,1-2H3,(H,24,25,26). The molecule has 0 radical (unpaired) electrons. The van der Waals surface area contributed by atoms with E-state index in [1.165, 1.54) is 5.56 Å². The van der Waals surface area contributed by atoms with Crippen LogP contribution in [0.2, 0.25) is 0 Å². The van der Waals surface area contributed by atoms with Crippen molar-refractivity contribution in [3.63, 3.8) is 0 Å². The molecule has 2 aromatic heterocycles. The van der Waals surface area contributed by atoms with Gasteiger partial charge in [-0.3, -0.25) is 0 Å².